The Hall–Kier alpha value is -0.910. The lowest BCUT2D eigenvalue weighted by molar-refractivity contribution is 0.523. The Labute approximate surface area is 89.6 Å². The van der Waals surface area contributed by atoms with Gasteiger partial charge in [0.1, 0.15) is 0 Å². The fraction of sp³-hybridized carbons (Fsp3) is 0.455. The summed E-state index contributed by atoms with van der Waals surface area (Å²) < 4.78 is 5.03. The van der Waals surface area contributed by atoms with Gasteiger partial charge in [-0.05, 0) is 30.6 Å². The van der Waals surface area contributed by atoms with Crippen molar-refractivity contribution in [2.45, 2.75) is 25.8 Å². The van der Waals surface area contributed by atoms with Gasteiger partial charge in [0.2, 0.25) is 0 Å². The molecule has 0 fully saturated rings. The molecule has 0 aromatic carbocycles. The molecular formula is C11H14ClNO. The van der Waals surface area contributed by atoms with E-state index < -0.39 is 0 Å². The topological polar surface area (TPSA) is 25.2 Å². The van der Waals surface area contributed by atoms with Crippen molar-refractivity contribution in [2.24, 2.45) is 0 Å². The number of halogens is 1. The average molecular weight is 212 g/mol. The first-order chi connectivity index (χ1) is 6.79. The van der Waals surface area contributed by atoms with Crippen LogP contribution < -0.4 is 5.32 Å². The summed E-state index contributed by atoms with van der Waals surface area (Å²) in [7, 11) is 0. The Morgan fingerprint density at radius 1 is 1.71 bits per heavy atom. The van der Waals surface area contributed by atoms with Crippen molar-refractivity contribution in [3.63, 3.8) is 0 Å². The number of nitrogens with one attached hydrogen (secondary N) is 1. The highest BCUT2D eigenvalue weighted by molar-refractivity contribution is 6.29. The van der Waals surface area contributed by atoms with Crippen LogP contribution in [-0.2, 0) is 0 Å². The lowest BCUT2D eigenvalue weighted by Gasteiger charge is -2.14. The van der Waals surface area contributed by atoms with Gasteiger partial charge in [-0.2, -0.15) is 0 Å². The van der Waals surface area contributed by atoms with Gasteiger partial charge in [-0.15, -0.1) is 12.3 Å². The quantitative estimate of drug-likeness (QED) is 0.758. The van der Waals surface area contributed by atoms with E-state index in [0.717, 1.165) is 18.5 Å². The molecule has 0 aliphatic carbocycles. The maximum Gasteiger partial charge on any atom is 0.197 e. The first-order valence-corrected chi connectivity index (χ1v) is 5.07. The van der Waals surface area contributed by atoms with Gasteiger partial charge in [-0.3, -0.25) is 0 Å². The molecule has 1 aromatic rings. The van der Waals surface area contributed by atoms with Gasteiger partial charge < -0.3 is 9.73 Å². The van der Waals surface area contributed by atoms with Crippen LogP contribution in [0.3, 0.4) is 0 Å². The Kier molecular flexibility index (Phi) is 4.58. The maximum absolute atomic E-state index is 5.87. The van der Waals surface area contributed by atoms with Crippen LogP contribution in [0.4, 0.5) is 0 Å². The minimum Gasteiger partial charge on any atom is -0.453 e. The van der Waals surface area contributed by atoms with E-state index in [9.17, 15) is 0 Å². The van der Waals surface area contributed by atoms with E-state index in [1.165, 1.54) is 0 Å². The molecule has 0 bridgehead atoms. The summed E-state index contributed by atoms with van der Waals surface area (Å²) in [5.41, 5.74) is 0.943. The largest absolute Gasteiger partial charge is 0.453 e. The van der Waals surface area contributed by atoms with Gasteiger partial charge in [-0.25, -0.2) is 0 Å². The van der Waals surface area contributed by atoms with Crippen LogP contribution in [0.15, 0.2) is 16.7 Å². The van der Waals surface area contributed by atoms with E-state index >= 15 is 0 Å². The van der Waals surface area contributed by atoms with Gasteiger partial charge >= 0.3 is 0 Å². The van der Waals surface area contributed by atoms with Gasteiger partial charge in [0.25, 0.3) is 0 Å². The number of terminal acetylenes is 1. The third kappa shape index (κ3) is 2.80. The van der Waals surface area contributed by atoms with Crippen LogP contribution >= 0.6 is 11.6 Å². The summed E-state index contributed by atoms with van der Waals surface area (Å²) in [6, 6.07) is 1.96. The molecule has 0 radical (unpaired) electrons. The Bertz CT molecular complexity index is 313. The summed E-state index contributed by atoms with van der Waals surface area (Å²) in [5.74, 6) is 2.63. The van der Waals surface area contributed by atoms with E-state index in [4.69, 9.17) is 22.4 Å². The SMILES string of the molecule is C#CCC(NCCC)c1ccoc1Cl. The Balaban J connectivity index is 2.68. The second-order valence-corrected chi connectivity index (χ2v) is 3.41. The first kappa shape index (κ1) is 11.2. The molecule has 76 valence electrons. The van der Waals surface area contributed by atoms with Crippen molar-refractivity contribution >= 4 is 11.6 Å². The maximum atomic E-state index is 5.87. The van der Waals surface area contributed by atoms with E-state index in [2.05, 4.69) is 18.2 Å². The van der Waals surface area contributed by atoms with Crippen LogP contribution in [0.25, 0.3) is 0 Å². The number of hydrogen-bond acceptors (Lipinski definition) is 2. The second-order valence-electron chi connectivity index (χ2n) is 3.06. The minimum absolute atomic E-state index is 0.103. The van der Waals surface area contributed by atoms with E-state index in [0.29, 0.717) is 11.6 Å². The second kappa shape index (κ2) is 5.74. The summed E-state index contributed by atoms with van der Waals surface area (Å²) in [6.07, 6.45) is 8.56. The van der Waals surface area contributed by atoms with Gasteiger partial charge in [0, 0.05) is 18.0 Å². The van der Waals surface area contributed by atoms with E-state index in [1.54, 1.807) is 6.26 Å². The number of furan rings is 1. The summed E-state index contributed by atoms with van der Waals surface area (Å²) in [5, 5.41) is 3.75. The standard InChI is InChI=1S/C11H14ClNO/c1-3-5-10(13-7-4-2)9-6-8-14-11(9)12/h1,6,8,10,13H,4-5,7H2,2H3. The highest BCUT2D eigenvalue weighted by Gasteiger charge is 2.14. The molecule has 0 saturated carbocycles. The van der Waals surface area contributed by atoms with E-state index in [-0.39, 0.29) is 6.04 Å². The molecule has 1 rings (SSSR count). The average Bonchev–Trinajstić information content (AvgIpc) is 2.59. The van der Waals surface area contributed by atoms with Gasteiger partial charge in [0.15, 0.2) is 5.22 Å². The molecule has 3 heteroatoms. The lowest BCUT2D eigenvalue weighted by atomic mass is 10.1. The van der Waals surface area contributed by atoms with Gasteiger partial charge in [-0.1, -0.05) is 6.92 Å². The zero-order valence-electron chi connectivity index (χ0n) is 8.22. The molecule has 1 aromatic heterocycles. The van der Waals surface area contributed by atoms with Crippen LogP contribution in [0.1, 0.15) is 31.4 Å². The molecule has 0 amide bonds. The van der Waals surface area contributed by atoms with Crippen molar-refractivity contribution in [3.05, 3.63) is 23.1 Å². The monoisotopic (exact) mass is 211 g/mol. The molecule has 0 spiro atoms. The zero-order valence-corrected chi connectivity index (χ0v) is 8.97. The molecule has 1 heterocycles. The summed E-state index contributed by atoms with van der Waals surface area (Å²) >= 11 is 5.87. The summed E-state index contributed by atoms with van der Waals surface area (Å²) in [4.78, 5) is 0. The number of hydrogen-bond donors (Lipinski definition) is 1. The van der Waals surface area contributed by atoms with Crippen molar-refractivity contribution in [1.82, 2.24) is 5.32 Å². The Morgan fingerprint density at radius 3 is 3.00 bits per heavy atom. The van der Waals surface area contributed by atoms with Crippen molar-refractivity contribution < 1.29 is 4.42 Å². The van der Waals surface area contributed by atoms with Crippen molar-refractivity contribution in [2.75, 3.05) is 6.54 Å². The number of rotatable bonds is 5. The molecule has 0 aliphatic heterocycles. The molecule has 1 N–H and O–H groups in total. The summed E-state index contributed by atoms with van der Waals surface area (Å²) in [6.45, 7) is 3.03. The first-order valence-electron chi connectivity index (χ1n) is 4.69. The van der Waals surface area contributed by atoms with Crippen LogP contribution in [-0.4, -0.2) is 6.54 Å². The van der Waals surface area contributed by atoms with Crippen LogP contribution in [0.2, 0.25) is 5.22 Å². The predicted octanol–water partition coefficient (Wildman–Crippen LogP) is 3.00. The fourth-order valence-corrected chi connectivity index (χ4v) is 1.53. The molecule has 1 atom stereocenters. The zero-order chi connectivity index (χ0) is 10.4. The Morgan fingerprint density at radius 2 is 2.50 bits per heavy atom. The normalized spacial score (nSPS) is 12.4. The molecule has 0 saturated heterocycles. The van der Waals surface area contributed by atoms with Crippen molar-refractivity contribution in [3.8, 4) is 12.3 Å². The highest BCUT2D eigenvalue weighted by Crippen LogP contribution is 2.25. The molecule has 2 nitrogen and oxygen atoms in total. The highest BCUT2D eigenvalue weighted by atomic mass is 35.5. The third-order valence-electron chi connectivity index (χ3n) is 1.98. The smallest absolute Gasteiger partial charge is 0.197 e. The van der Waals surface area contributed by atoms with Crippen molar-refractivity contribution in [1.29, 1.82) is 0 Å². The predicted molar refractivity (Wildman–Crippen MR) is 58.2 cm³/mol. The van der Waals surface area contributed by atoms with Crippen LogP contribution in [0.5, 0.6) is 0 Å². The molecule has 0 aliphatic rings. The molecular weight excluding hydrogens is 198 g/mol. The molecule has 14 heavy (non-hydrogen) atoms. The molecule has 1 unspecified atom stereocenters. The fourth-order valence-electron chi connectivity index (χ4n) is 1.28. The lowest BCUT2D eigenvalue weighted by Crippen LogP contribution is -2.21. The minimum atomic E-state index is 0.103. The third-order valence-corrected chi connectivity index (χ3v) is 2.29. The van der Waals surface area contributed by atoms with Crippen LogP contribution in [0, 0.1) is 12.3 Å². The van der Waals surface area contributed by atoms with Gasteiger partial charge in [0.05, 0.1) is 6.26 Å². The van der Waals surface area contributed by atoms with E-state index in [1.807, 2.05) is 6.07 Å².